The number of rotatable bonds is 2. The standard InChI is InChI=1S/C20H14BrNO4/c1-11-6-19(23)26-18-9-15(3-4-16(11)18)22-20(24)13-7-12-8-14(21)2-5-17(12)25-10-13/h2-9H,10H2,1H3,(H,22,24). The smallest absolute Gasteiger partial charge is 0.336 e. The summed E-state index contributed by atoms with van der Waals surface area (Å²) in [4.78, 5) is 24.1. The van der Waals surface area contributed by atoms with Crippen LogP contribution >= 0.6 is 15.9 Å². The molecule has 1 amide bonds. The molecular weight excluding hydrogens is 398 g/mol. The first kappa shape index (κ1) is 16.6. The van der Waals surface area contributed by atoms with E-state index in [1.54, 1.807) is 12.1 Å². The lowest BCUT2D eigenvalue weighted by Crippen LogP contribution is -2.21. The molecule has 0 fully saturated rings. The van der Waals surface area contributed by atoms with Crippen LogP contribution in [0.3, 0.4) is 0 Å². The van der Waals surface area contributed by atoms with Gasteiger partial charge in [-0.05, 0) is 48.9 Å². The third-order valence-electron chi connectivity index (χ3n) is 4.19. The van der Waals surface area contributed by atoms with E-state index in [1.165, 1.54) is 6.07 Å². The van der Waals surface area contributed by atoms with Crippen molar-refractivity contribution in [1.82, 2.24) is 0 Å². The molecule has 1 aliphatic rings. The van der Waals surface area contributed by atoms with Crippen LogP contribution in [-0.4, -0.2) is 12.5 Å². The van der Waals surface area contributed by atoms with E-state index in [2.05, 4.69) is 21.2 Å². The SMILES string of the molecule is Cc1cc(=O)oc2cc(NC(=O)C3=Cc4cc(Br)ccc4OC3)ccc12. The molecule has 2 heterocycles. The molecule has 26 heavy (non-hydrogen) atoms. The van der Waals surface area contributed by atoms with Gasteiger partial charge in [0, 0.05) is 33.2 Å². The van der Waals surface area contributed by atoms with Crippen LogP contribution in [-0.2, 0) is 4.79 Å². The normalized spacial score (nSPS) is 12.9. The van der Waals surface area contributed by atoms with Gasteiger partial charge >= 0.3 is 5.63 Å². The molecule has 4 rings (SSSR count). The number of carbonyl (C=O) groups excluding carboxylic acids is 1. The monoisotopic (exact) mass is 411 g/mol. The number of hydrogen-bond acceptors (Lipinski definition) is 4. The zero-order valence-corrected chi connectivity index (χ0v) is 15.4. The van der Waals surface area contributed by atoms with Crippen molar-refractivity contribution in [1.29, 1.82) is 0 Å². The molecule has 0 atom stereocenters. The van der Waals surface area contributed by atoms with Crippen molar-refractivity contribution < 1.29 is 13.9 Å². The molecule has 0 radical (unpaired) electrons. The maximum absolute atomic E-state index is 12.6. The fourth-order valence-electron chi connectivity index (χ4n) is 2.89. The molecule has 2 aromatic carbocycles. The summed E-state index contributed by atoms with van der Waals surface area (Å²) in [5.74, 6) is 0.484. The molecule has 0 aliphatic carbocycles. The summed E-state index contributed by atoms with van der Waals surface area (Å²) in [7, 11) is 0. The number of fused-ring (bicyclic) bond motifs is 2. The summed E-state index contributed by atoms with van der Waals surface area (Å²) < 4.78 is 11.8. The van der Waals surface area contributed by atoms with E-state index in [0.29, 0.717) is 16.8 Å². The lowest BCUT2D eigenvalue weighted by atomic mass is 10.1. The molecule has 1 N–H and O–H groups in total. The molecule has 3 aromatic rings. The number of nitrogens with one attached hydrogen (secondary N) is 1. The second-order valence-electron chi connectivity index (χ2n) is 6.05. The minimum absolute atomic E-state index is 0.197. The van der Waals surface area contributed by atoms with Crippen LogP contribution in [0.25, 0.3) is 17.0 Å². The Balaban J connectivity index is 1.62. The zero-order valence-electron chi connectivity index (χ0n) is 13.8. The van der Waals surface area contributed by atoms with Crippen molar-refractivity contribution in [3.8, 4) is 5.75 Å². The summed E-state index contributed by atoms with van der Waals surface area (Å²) in [6, 6.07) is 12.3. The highest BCUT2D eigenvalue weighted by Gasteiger charge is 2.18. The Morgan fingerprint density at radius 1 is 1.15 bits per heavy atom. The van der Waals surface area contributed by atoms with Crippen LogP contribution in [0, 0.1) is 6.92 Å². The van der Waals surface area contributed by atoms with E-state index in [1.807, 2.05) is 37.3 Å². The van der Waals surface area contributed by atoms with Crippen LogP contribution in [0.4, 0.5) is 5.69 Å². The summed E-state index contributed by atoms with van der Waals surface area (Å²) in [5, 5.41) is 3.66. The fraction of sp³-hybridized carbons (Fsp3) is 0.100. The number of anilines is 1. The van der Waals surface area contributed by atoms with Crippen molar-refractivity contribution >= 4 is 44.6 Å². The Kier molecular flexibility index (Phi) is 4.12. The first-order valence-corrected chi connectivity index (χ1v) is 8.78. The largest absolute Gasteiger partial charge is 0.488 e. The minimum Gasteiger partial charge on any atom is -0.488 e. The zero-order chi connectivity index (χ0) is 18.3. The first-order chi connectivity index (χ1) is 12.5. The number of ether oxygens (including phenoxy) is 1. The average Bonchev–Trinajstić information content (AvgIpc) is 2.60. The van der Waals surface area contributed by atoms with Gasteiger partial charge in [-0.2, -0.15) is 0 Å². The lowest BCUT2D eigenvalue weighted by molar-refractivity contribution is -0.113. The van der Waals surface area contributed by atoms with Gasteiger partial charge in [-0.25, -0.2) is 4.79 Å². The summed E-state index contributed by atoms with van der Waals surface area (Å²) in [5.41, 5.74) is 2.77. The Labute approximate surface area is 157 Å². The highest BCUT2D eigenvalue weighted by atomic mass is 79.9. The third-order valence-corrected chi connectivity index (χ3v) is 4.68. The minimum atomic E-state index is -0.413. The number of hydrogen-bond donors (Lipinski definition) is 1. The van der Waals surface area contributed by atoms with Crippen molar-refractivity contribution in [3.05, 3.63) is 74.1 Å². The van der Waals surface area contributed by atoms with E-state index in [0.717, 1.165) is 26.7 Å². The van der Waals surface area contributed by atoms with E-state index in [4.69, 9.17) is 9.15 Å². The number of aryl methyl sites for hydroxylation is 1. The van der Waals surface area contributed by atoms with Crippen molar-refractivity contribution in [3.63, 3.8) is 0 Å². The molecule has 0 unspecified atom stereocenters. The van der Waals surface area contributed by atoms with Gasteiger partial charge in [-0.3, -0.25) is 4.79 Å². The molecule has 1 aromatic heterocycles. The van der Waals surface area contributed by atoms with E-state index >= 15 is 0 Å². The summed E-state index contributed by atoms with van der Waals surface area (Å²) in [6.07, 6.45) is 1.81. The highest BCUT2D eigenvalue weighted by Crippen LogP contribution is 2.29. The van der Waals surface area contributed by atoms with Gasteiger partial charge in [-0.1, -0.05) is 15.9 Å². The van der Waals surface area contributed by atoms with Gasteiger partial charge in [0.05, 0.1) is 5.57 Å². The van der Waals surface area contributed by atoms with Crippen molar-refractivity contribution in [2.45, 2.75) is 6.92 Å². The predicted octanol–water partition coefficient (Wildman–Crippen LogP) is 4.28. The third kappa shape index (κ3) is 3.15. The van der Waals surface area contributed by atoms with Crippen molar-refractivity contribution in [2.24, 2.45) is 0 Å². The first-order valence-electron chi connectivity index (χ1n) is 7.98. The van der Waals surface area contributed by atoms with E-state index in [9.17, 15) is 9.59 Å². The Bertz CT molecular complexity index is 1130. The number of amides is 1. The van der Waals surface area contributed by atoms with E-state index < -0.39 is 5.63 Å². The average molecular weight is 412 g/mol. The van der Waals surface area contributed by atoms with Gasteiger partial charge < -0.3 is 14.5 Å². The second-order valence-corrected chi connectivity index (χ2v) is 6.97. The maximum Gasteiger partial charge on any atom is 0.336 e. The Morgan fingerprint density at radius 3 is 2.85 bits per heavy atom. The summed E-state index contributed by atoms with van der Waals surface area (Å²) >= 11 is 3.41. The lowest BCUT2D eigenvalue weighted by Gasteiger charge is -2.18. The number of halogens is 1. The molecular formula is C20H14BrNO4. The molecule has 0 saturated carbocycles. The number of carbonyl (C=O) groups is 1. The van der Waals surface area contributed by atoms with Crippen molar-refractivity contribution in [2.75, 3.05) is 11.9 Å². The quantitative estimate of drug-likeness (QED) is 0.639. The second kappa shape index (κ2) is 6.46. The van der Waals surface area contributed by atoms with Crippen LogP contribution in [0.15, 0.2) is 61.7 Å². The molecule has 0 spiro atoms. The van der Waals surface area contributed by atoms with Gasteiger partial charge in [0.15, 0.2) is 0 Å². The topological polar surface area (TPSA) is 68.5 Å². The van der Waals surface area contributed by atoms with E-state index in [-0.39, 0.29) is 12.5 Å². The van der Waals surface area contributed by atoms with Gasteiger partial charge in [-0.15, -0.1) is 0 Å². The van der Waals surface area contributed by atoms with Crippen LogP contribution < -0.4 is 15.7 Å². The van der Waals surface area contributed by atoms with Gasteiger partial charge in [0.25, 0.3) is 5.91 Å². The van der Waals surface area contributed by atoms with Gasteiger partial charge in [0.2, 0.25) is 0 Å². The van der Waals surface area contributed by atoms with Crippen LogP contribution in [0.5, 0.6) is 5.75 Å². The Hall–Kier alpha value is -2.86. The predicted molar refractivity (Wildman–Crippen MR) is 103 cm³/mol. The Morgan fingerprint density at radius 2 is 2.00 bits per heavy atom. The van der Waals surface area contributed by atoms with Crippen LogP contribution in [0.2, 0.25) is 0 Å². The maximum atomic E-state index is 12.6. The highest BCUT2D eigenvalue weighted by molar-refractivity contribution is 9.10. The molecule has 0 bridgehead atoms. The molecule has 1 aliphatic heterocycles. The fourth-order valence-corrected chi connectivity index (χ4v) is 3.27. The van der Waals surface area contributed by atoms with Crippen LogP contribution in [0.1, 0.15) is 11.1 Å². The summed E-state index contributed by atoms with van der Waals surface area (Å²) in [6.45, 7) is 2.04. The molecule has 0 saturated heterocycles. The molecule has 130 valence electrons. The number of benzene rings is 2. The molecule has 6 heteroatoms. The molecule has 5 nitrogen and oxygen atoms in total. The van der Waals surface area contributed by atoms with Gasteiger partial charge in [0.1, 0.15) is 17.9 Å².